The van der Waals surface area contributed by atoms with Gasteiger partial charge >= 0.3 is 0 Å². The maximum atomic E-state index is 13.7. The molecule has 5 rings (SSSR count). The SMILES string of the molecule is O=C(Cn1cc(S(=O)(=O)Cc2cccc(F)c2)c2ccccc21)N(Cc1ccccc1)c1ccccc1. The summed E-state index contributed by atoms with van der Waals surface area (Å²) in [7, 11) is -3.81. The van der Waals surface area contributed by atoms with Gasteiger partial charge in [0.1, 0.15) is 12.4 Å². The summed E-state index contributed by atoms with van der Waals surface area (Å²) in [5.74, 6) is -0.998. The number of aromatic nitrogens is 1. The molecule has 37 heavy (non-hydrogen) atoms. The number of halogens is 1. The van der Waals surface area contributed by atoms with Crippen molar-refractivity contribution in [2.24, 2.45) is 0 Å². The van der Waals surface area contributed by atoms with Gasteiger partial charge in [-0.25, -0.2) is 12.8 Å². The average Bonchev–Trinajstić information content (AvgIpc) is 3.27. The van der Waals surface area contributed by atoms with Crippen LogP contribution in [0.15, 0.2) is 120 Å². The highest BCUT2D eigenvalue weighted by molar-refractivity contribution is 7.90. The Hall–Kier alpha value is -4.23. The van der Waals surface area contributed by atoms with Crippen molar-refractivity contribution in [2.45, 2.75) is 23.7 Å². The van der Waals surface area contributed by atoms with Crippen LogP contribution in [0.3, 0.4) is 0 Å². The van der Waals surface area contributed by atoms with Crippen molar-refractivity contribution in [1.29, 1.82) is 0 Å². The maximum absolute atomic E-state index is 13.7. The molecule has 0 fully saturated rings. The smallest absolute Gasteiger partial charge is 0.247 e. The molecule has 0 unspecified atom stereocenters. The largest absolute Gasteiger partial charge is 0.337 e. The third kappa shape index (κ3) is 5.47. The molecule has 0 saturated carbocycles. The topological polar surface area (TPSA) is 59.4 Å². The normalized spacial score (nSPS) is 11.5. The van der Waals surface area contributed by atoms with Crippen molar-refractivity contribution in [3.63, 3.8) is 0 Å². The zero-order valence-corrected chi connectivity index (χ0v) is 20.8. The highest BCUT2D eigenvalue weighted by Crippen LogP contribution is 2.29. The van der Waals surface area contributed by atoms with Gasteiger partial charge in [-0.05, 0) is 41.5 Å². The van der Waals surface area contributed by atoms with Crippen molar-refractivity contribution in [3.8, 4) is 0 Å². The van der Waals surface area contributed by atoms with Crippen LogP contribution in [0, 0.1) is 5.82 Å². The fourth-order valence-corrected chi connectivity index (χ4v) is 6.01. The molecule has 1 aromatic heterocycles. The Bertz CT molecular complexity index is 1650. The number of fused-ring (bicyclic) bond motifs is 1. The Balaban J connectivity index is 1.49. The van der Waals surface area contributed by atoms with Gasteiger partial charge in [-0.15, -0.1) is 0 Å². The van der Waals surface area contributed by atoms with Gasteiger partial charge < -0.3 is 9.47 Å². The molecule has 4 aromatic carbocycles. The van der Waals surface area contributed by atoms with Crippen LogP contribution < -0.4 is 4.90 Å². The van der Waals surface area contributed by atoms with Crippen molar-refractivity contribution < 1.29 is 17.6 Å². The summed E-state index contributed by atoms with van der Waals surface area (Å²) in [5, 5.41) is 0.529. The summed E-state index contributed by atoms with van der Waals surface area (Å²) in [5.41, 5.74) is 2.75. The third-order valence-electron chi connectivity index (χ3n) is 6.19. The monoisotopic (exact) mass is 512 g/mol. The van der Waals surface area contributed by atoms with Crippen LogP contribution in [0.4, 0.5) is 10.1 Å². The van der Waals surface area contributed by atoms with Gasteiger partial charge in [0.05, 0.1) is 17.2 Å². The minimum absolute atomic E-state index is 0.0439. The number of hydrogen-bond donors (Lipinski definition) is 0. The van der Waals surface area contributed by atoms with E-state index in [-0.39, 0.29) is 23.1 Å². The van der Waals surface area contributed by atoms with Gasteiger partial charge in [0.25, 0.3) is 0 Å². The van der Waals surface area contributed by atoms with Crippen LogP contribution in [0.5, 0.6) is 0 Å². The highest BCUT2D eigenvalue weighted by Gasteiger charge is 2.24. The number of carbonyl (C=O) groups excluding carboxylic acids is 1. The van der Waals surface area contributed by atoms with Gasteiger partial charge in [-0.3, -0.25) is 4.79 Å². The molecule has 1 heterocycles. The van der Waals surface area contributed by atoms with Gasteiger partial charge in [0, 0.05) is 22.8 Å². The number of hydrogen-bond acceptors (Lipinski definition) is 3. The predicted molar refractivity (Wildman–Crippen MR) is 143 cm³/mol. The summed E-state index contributed by atoms with van der Waals surface area (Å²) in [6.07, 6.45) is 1.52. The van der Waals surface area contributed by atoms with Crippen molar-refractivity contribution >= 4 is 32.3 Å². The standard InChI is InChI=1S/C30H25FN2O3S/c31-25-13-9-12-24(18-25)22-37(35,36)29-20-32(28-17-8-7-16-27(28)29)21-30(34)33(26-14-5-2-6-15-26)19-23-10-3-1-4-11-23/h1-18,20H,19,21-22H2. The van der Waals surface area contributed by atoms with E-state index in [0.717, 1.165) is 11.3 Å². The van der Waals surface area contributed by atoms with Crippen LogP contribution in [-0.2, 0) is 33.5 Å². The molecule has 0 aliphatic rings. The molecule has 0 bridgehead atoms. The number of sulfone groups is 1. The Morgan fingerprint density at radius 1 is 0.784 bits per heavy atom. The van der Waals surface area contributed by atoms with Gasteiger partial charge in [-0.1, -0.05) is 78.9 Å². The number of nitrogens with zero attached hydrogens (tertiary/aromatic N) is 2. The van der Waals surface area contributed by atoms with Crippen LogP contribution in [0.2, 0.25) is 0 Å². The fourth-order valence-electron chi connectivity index (χ4n) is 4.44. The molecule has 0 N–H and O–H groups in total. The first-order valence-corrected chi connectivity index (χ1v) is 13.5. The lowest BCUT2D eigenvalue weighted by Gasteiger charge is -2.23. The zero-order chi connectivity index (χ0) is 25.8. The third-order valence-corrected chi connectivity index (χ3v) is 7.90. The summed E-state index contributed by atoms with van der Waals surface area (Å²) in [6.45, 7) is 0.339. The van der Waals surface area contributed by atoms with Crippen molar-refractivity contribution in [3.05, 3.63) is 132 Å². The van der Waals surface area contributed by atoms with E-state index in [2.05, 4.69) is 0 Å². The molecule has 186 valence electrons. The lowest BCUT2D eigenvalue weighted by atomic mass is 10.2. The average molecular weight is 513 g/mol. The van der Waals surface area contributed by atoms with Crippen molar-refractivity contribution in [1.82, 2.24) is 4.57 Å². The van der Waals surface area contributed by atoms with Gasteiger partial charge in [0.15, 0.2) is 9.84 Å². The summed E-state index contributed by atoms with van der Waals surface area (Å²) >= 11 is 0. The molecule has 5 aromatic rings. The first-order valence-electron chi connectivity index (χ1n) is 11.9. The van der Waals surface area contributed by atoms with E-state index in [1.165, 1.54) is 24.4 Å². The Morgan fingerprint density at radius 2 is 1.43 bits per heavy atom. The first-order chi connectivity index (χ1) is 17.9. The van der Waals surface area contributed by atoms with Crippen LogP contribution in [0.1, 0.15) is 11.1 Å². The molecule has 1 amide bonds. The number of carbonyl (C=O) groups is 1. The quantitative estimate of drug-likeness (QED) is 0.257. The summed E-state index contributed by atoms with van der Waals surface area (Å²) in [6, 6.07) is 31.8. The number of amides is 1. The number of rotatable bonds is 8. The van der Waals surface area contributed by atoms with E-state index in [1.54, 1.807) is 33.7 Å². The minimum atomic E-state index is -3.81. The minimum Gasteiger partial charge on any atom is -0.337 e. The number of benzene rings is 4. The van der Waals surface area contributed by atoms with E-state index in [4.69, 9.17) is 0 Å². The lowest BCUT2D eigenvalue weighted by molar-refractivity contribution is -0.119. The molecule has 0 aliphatic heterocycles. The summed E-state index contributed by atoms with van der Waals surface area (Å²) < 4.78 is 42.1. The van der Waals surface area contributed by atoms with E-state index in [9.17, 15) is 17.6 Å². The molecule has 5 nitrogen and oxygen atoms in total. The highest BCUT2D eigenvalue weighted by atomic mass is 32.2. The molecule has 0 atom stereocenters. The molecule has 0 aliphatic carbocycles. The van der Waals surface area contributed by atoms with E-state index < -0.39 is 15.7 Å². The number of para-hydroxylation sites is 2. The second-order valence-electron chi connectivity index (χ2n) is 8.83. The van der Waals surface area contributed by atoms with E-state index in [1.807, 2.05) is 66.7 Å². The first kappa shape index (κ1) is 24.5. The van der Waals surface area contributed by atoms with Crippen LogP contribution in [0.25, 0.3) is 10.9 Å². The molecular weight excluding hydrogens is 487 g/mol. The van der Waals surface area contributed by atoms with Crippen LogP contribution in [-0.4, -0.2) is 18.9 Å². The molecule has 7 heteroatoms. The zero-order valence-electron chi connectivity index (χ0n) is 20.0. The van der Waals surface area contributed by atoms with E-state index in [0.29, 0.717) is 23.0 Å². The Labute approximate surface area is 215 Å². The molecule has 0 spiro atoms. The van der Waals surface area contributed by atoms with Gasteiger partial charge in [-0.2, -0.15) is 0 Å². The number of anilines is 1. The second-order valence-corrected chi connectivity index (χ2v) is 10.8. The fraction of sp³-hybridized carbons (Fsp3) is 0.100. The van der Waals surface area contributed by atoms with E-state index >= 15 is 0 Å². The van der Waals surface area contributed by atoms with Gasteiger partial charge in [0.2, 0.25) is 5.91 Å². The maximum Gasteiger partial charge on any atom is 0.247 e. The lowest BCUT2D eigenvalue weighted by Crippen LogP contribution is -2.33. The Morgan fingerprint density at radius 3 is 2.16 bits per heavy atom. The predicted octanol–water partition coefficient (Wildman–Crippen LogP) is 5.99. The Kier molecular flexibility index (Phi) is 6.88. The summed E-state index contributed by atoms with van der Waals surface area (Å²) in [4.78, 5) is 15.5. The second kappa shape index (κ2) is 10.4. The van der Waals surface area contributed by atoms with Crippen LogP contribution >= 0.6 is 0 Å². The molecular formula is C30H25FN2O3S. The molecule has 0 saturated heterocycles. The molecule has 0 radical (unpaired) electrons. The van der Waals surface area contributed by atoms with Crippen molar-refractivity contribution in [2.75, 3.05) is 4.90 Å².